The summed E-state index contributed by atoms with van der Waals surface area (Å²) in [6, 6.07) is -0.835. The lowest BCUT2D eigenvalue weighted by Crippen LogP contribution is -2.50. The van der Waals surface area contributed by atoms with Crippen molar-refractivity contribution in [3.8, 4) is 0 Å². The second-order valence-corrected chi connectivity index (χ2v) is 5.75. The SMILES string of the molecule is CC(NC(=O)C(C)(C)CN1CCCCC1)C(=O)O. The molecule has 1 aliphatic rings. The van der Waals surface area contributed by atoms with Crippen molar-refractivity contribution in [2.24, 2.45) is 5.41 Å². The fourth-order valence-corrected chi connectivity index (χ4v) is 2.20. The standard InChI is InChI=1S/C13H24N2O3/c1-10(11(16)17)14-12(18)13(2,3)9-15-7-5-4-6-8-15/h10H,4-9H2,1-3H3,(H,14,18)(H,16,17). The Labute approximate surface area is 109 Å². The van der Waals surface area contributed by atoms with E-state index in [9.17, 15) is 9.59 Å². The zero-order valence-electron chi connectivity index (χ0n) is 11.5. The molecule has 0 aromatic carbocycles. The minimum atomic E-state index is -1.00. The molecule has 0 saturated carbocycles. The van der Waals surface area contributed by atoms with Crippen LogP contribution in [0.3, 0.4) is 0 Å². The molecule has 1 amide bonds. The Balaban J connectivity index is 2.50. The summed E-state index contributed by atoms with van der Waals surface area (Å²) in [7, 11) is 0. The quantitative estimate of drug-likeness (QED) is 0.772. The first-order valence-corrected chi connectivity index (χ1v) is 6.59. The van der Waals surface area contributed by atoms with Crippen LogP contribution in [0.15, 0.2) is 0 Å². The molecule has 1 atom stereocenters. The Morgan fingerprint density at radius 1 is 1.28 bits per heavy atom. The Bertz CT molecular complexity index is 309. The highest BCUT2D eigenvalue weighted by Crippen LogP contribution is 2.20. The van der Waals surface area contributed by atoms with E-state index in [2.05, 4.69) is 10.2 Å². The smallest absolute Gasteiger partial charge is 0.325 e. The number of hydrogen-bond donors (Lipinski definition) is 2. The van der Waals surface area contributed by atoms with E-state index in [0.29, 0.717) is 6.54 Å². The Morgan fingerprint density at radius 3 is 2.33 bits per heavy atom. The van der Waals surface area contributed by atoms with Crippen molar-refractivity contribution < 1.29 is 14.7 Å². The van der Waals surface area contributed by atoms with Gasteiger partial charge >= 0.3 is 5.97 Å². The minimum absolute atomic E-state index is 0.192. The summed E-state index contributed by atoms with van der Waals surface area (Å²) in [5.74, 6) is -1.19. The number of amides is 1. The van der Waals surface area contributed by atoms with E-state index in [1.165, 1.54) is 26.2 Å². The fraction of sp³-hybridized carbons (Fsp3) is 0.846. The summed E-state index contributed by atoms with van der Waals surface area (Å²) in [4.78, 5) is 25.1. The van der Waals surface area contributed by atoms with Gasteiger partial charge in [-0.3, -0.25) is 9.59 Å². The van der Waals surface area contributed by atoms with Gasteiger partial charge in [-0.2, -0.15) is 0 Å². The molecule has 0 radical (unpaired) electrons. The van der Waals surface area contributed by atoms with E-state index in [0.717, 1.165) is 13.1 Å². The molecule has 1 saturated heterocycles. The van der Waals surface area contributed by atoms with Crippen LogP contribution in [-0.2, 0) is 9.59 Å². The maximum atomic E-state index is 12.1. The molecular formula is C13H24N2O3. The van der Waals surface area contributed by atoms with Gasteiger partial charge in [0.2, 0.25) is 5.91 Å². The molecular weight excluding hydrogens is 232 g/mol. The molecule has 1 rings (SSSR count). The number of piperidine rings is 1. The van der Waals surface area contributed by atoms with E-state index in [1.807, 2.05) is 13.8 Å². The molecule has 2 N–H and O–H groups in total. The third kappa shape index (κ3) is 4.29. The molecule has 1 heterocycles. The molecule has 0 aromatic heterocycles. The van der Waals surface area contributed by atoms with Gasteiger partial charge in [-0.05, 0) is 46.7 Å². The van der Waals surface area contributed by atoms with E-state index >= 15 is 0 Å². The summed E-state index contributed by atoms with van der Waals surface area (Å²) in [6.45, 7) is 7.97. The highest BCUT2D eigenvalue weighted by atomic mass is 16.4. The zero-order chi connectivity index (χ0) is 13.8. The van der Waals surface area contributed by atoms with E-state index in [1.54, 1.807) is 0 Å². The van der Waals surface area contributed by atoms with Gasteiger partial charge < -0.3 is 15.3 Å². The Kier molecular flexibility index (Phi) is 5.14. The van der Waals surface area contributed by atoms with Gasteiger partial charge in [0.1, 0.15) is 6.04 Å². The second-order valence-electron chi connectivity index (χ2n) is 5.75. The van der Waals surface area contributed by atoms with Crippen molar-refractivity contribution >= 4 is 11.9 Å². The summed E-state index contributed by atoms with van der Waals surface area (Å²) >= 11 is 0. The molecule has 0 aromatic rings. The highest BCUT2D eigenvalue weighted by molar-refractivity contribution is 5.86. The number of rotatable bonds is 5. The number of carbonyl (C=O) groups excluding carboxylic acids is 1. The predicted octanol–water partition coefficient (Wildman–Crippen LogP) is 1.09. The first-order valence-electron chi connectivity index (χ1n) is 6.59. The number of likely N-dealkylation sites (tertiary alicyclic amines) is 1. The lowest BCUT2D eigenvalue weighted by Gasteiger charge is -2.34. The van der Waals surface area contributed by atoms with Gasteiger partial charge in [0.15, 0.2) is 0 Å². The monoisotopic (exact) mass is 256 g/mol. The molecule has 1 unspecified atom stereocenters. The number of carboxylic acids is 1. The van der Waals surface area contributed by atoms with Crippen molar-refractivity contribution in [3.05, 3.63) is 0 Å². The van der Waals surface area contributed by atoms with Gasteiger partial charge in [0.05, 0.1) is 5.41 Å². The summed E-state index contributed by atoms with van der Waals surface area (Å²) in [5.41, 5.74) is -0.555. The van der Waals surface area contributed by atoms with Gasteiger partial charge in [-0.25, -0.2) is 0 Å². The Morgan fingerprint density at radius 2 is 1.83 bits per heavy atom. The fourth-order valence-electron chi connectivity index (χ4n) is 2.20. The first-order chi connectivity index (χ1) is 8.33. The highest BCUT2D eigenvalue weighted by Gasteiger charge is 2.32. The molecule has 104 valence electrons. The number of nitrogens with one attached hydrogen (secondary N) is 1. The van der Waals surface area contributed by atoms with Crippen molar-refractivity contribution in [1.82, 2.24) is 10.2 Å². The third-order valence-electron chi connectivity index (χ3n) is 3.40. The number of hydrogen-bond acceptors (Lipinski definition) is 3. The molecule has 0 aliphatic carbocycles. The van der Waals surface area contributed by atoms with Crippen molar-refractivity contribution in [3.63, 3.8) is 0 Å². The van der Waals surface area contributed by atoms with Crippen LogP contribution in [0.4, 0.5) is 0 Å². The lowest BCUT2D eigenvalue weighted by atomic mass is 9.90. The van der Waals surface area contributed by atoms with Crippen LogP contribution in [0.25, 0.3) is 0 Å². The topological polar surface area (TPSA) is 69.6 Å². The lowest BCUT2D eigenvalue weighted by molar-refractivity contribution is -0.143. The van der Waals surface area contributed by atoms with Crippen LogP contribution in [0.1, 0.15) is 40.0 Å². The van der Waals surface area contributed by atoms with Crippen LogP contribution in [0.2, 0.25) is 0 Å². The van der Waals surface area contributed by atoms with Crippen LogP contribution in [0.5, 0.6) is 0 Å². The molecule has 5 nitrogen and oxygen atoms in total. The van der Waals surface area contributed by atoms with E-state index in [-0.39, 0.29) is 5.91 Å². The van der Waals surface area contributed by atoms with Gasteiger partial charge in [-0.15, -0.1) is 0 Å². The Hall–Kier alpha value is -1.10. The average Bonchev–Trinajstić information content (AvgIpc) is 2.29. The number of carboxylic acid groups (broad SMARTS) is 1. The van der Waals surface area contributed by atoms with Gasteiger partial charge in [-0.1, -0.05) is 6.42 Å². The third-order valence-corrected chi connectivity index (χ3v) is 3.40. The first kappa shape index (κ1) is 15.0. The molecule has 0 bridgehead atoms. The summed E-state index contributed by atoms with van der Waals surface area (Å²) < 4.78 is 0. The van der Waals surface area contributed by atoms with Crippen LogP contribution in [0, 0.1) is 5.41 Å². The predicted molar refractivity (Wildman–Crippen MR) is 69.3 cm³/mol. The van der Waals surface area contributed by atoms with Gasteiger partial charge in [0.25, 0.3) is 0 Å². The molecule has 1 fully saturated rings. The van der Waals surface area contributed by atoms with Crippen LogP contribution < -0.4 is 5.32 Å². The number of carbonyl (C=O) groups is 2. The van der Waals surface area contributed by atoms with Gasteiger partial charge in [0, 0.05) is 6.54 Å². The maximum Gasteiger partial charge on any atom is 0.325 e. The van der Waals surface area contributed by atoms with Crippen LogP contribution in [-0.4, -0.2) is 47.6 Å². The van der Waals surface area contributed by atoms with Crippen molar-refractivity contribution in [2.75, 3.05) is 19.6 Å². The maximum absolute atomic E-state index is 12.1. The molecule has 5 heteroatoms. The molecule has 0 spiro atoms. The normalized spacial score (nSPS) is 19.3. The molecule has 1 aliphatic heterocycles. The zero-order valence-corrected chi connectivity index (χ0v) is 11.5. The minimum Gasteiger partial charge on any atom is -0.480 e. The van der Waals surface area contributed by atoms with E-state index in [4.69, 9.17) is 5.11 Å². The van der Waals surface area contributed by atoms with E-state index < -0.39 is 17.4 Å². The van der Waals surface area contributed by atoms with Crippen molar-refractivity contribution in [1.29, 1.82) is 0 Å². The average molecular weight is 256 g/mol. The number of aliphatic carboxylic acids is 1. The molecule has 18 heavy (non-hydrogen) atoms. The van der Waals surface area contributed by atoms with Crippen molar-refractivity contribution in [2.45, 2.75) is 46.1 Å². The summed E-state index contributed by atoms with van der Waals surface area (Å²) in [6.07, 6.45) is 3.63. The second kappa shape index (κ2) is 6.18. The largest absolute Gasteiger partial charge is 0.480 e. The van der Waals surface area contributed by atoms with Crippen LogP contribution >= 0.6 is 0 Å². The number of nitrogens with zero attached hydrogens (tertiary/aromatic N) is 1. The summed E-state index contributed by atoms with van der Waals surface area (Å²) in [5, 5.41) is 11.3.